The first kappa shape index (κ1) is 33.8. The van der Waals surface area contributed by atoms with Gasteiger partial charge in [0.1, 0.15) is 11.9 Å². The maximum absolute atomic E-state index is 6.73. The third-order valence-corrected chi connectivity index (χ3v) is 15.1. The van der Waals surface area contributed by atoms with Crippen LogP contribution in [0.3, 0.4) is 0 Å². The zero-order valence-corrected chi connectivity index (χ0v) is 32.8. The van der Waals surface area contributed by atoms with Crippen molar-refractivity contribution in [3.05, 3.63) is 220 Å². The molecule has 0 radical (unpaired) electrons. The Bertz CT molecular complexity index is 2470. The summed E-state index contributed by atoms with van der Waals surface area (Å²) in [6, 6.07) is 20.3. The Morgan fingerprint density at radius 1 is 0.719 bits per heavy atom. The number of nitrogens with zero attached hydrogens (tertiary/aromatic N) is 1. The Kier molecular flexibility index (Phi) is 7.76. The van der Waals surface area contributed by atoms with Gasteiger partial charge in [-0.1, -0.05) is 151 Å². The number of ether oxygens (including phenoxy) is 1. The fraction of sp³-hybridized carbons (Fsp3) is 0.309. The molecular formula is C55H51NO. The van der Waals surface area contributed by atoms with Crippen LogP contribution in [0.5, 0.6) is 5.75 Å². The van der Waals surface area contributed by atoms with Crippen LogP contribution in [0.4, 0.5) is 0 Å². The second-order valence-corrected chi connectivity index (χ2v) is 17.8. The summed E-state index contributed by atoms with van der Waals surface area (Å²) in [5.74, 6) is 2.40. The number of hydrogen-bond acceptors (Lipinski definition) is 2. The van der Waals surface area contributed by atoms with Gasteiger partial charge in [0, 0.05) is 39.6 Å². The molecule has 282 valence electrons. The maximum atomic E-state index is 6.73. The van der Waals surface area contributed by atoms with E-state index in [0.717, 1.165) is 63.5 Å². The first-order chi connectivity index (χ1) is 28.2. The van der Waals surface area contributed by atoms with Crippen molar-refractivity contribution in [1.82, 2.24) is 4.90 Å². The molecule has 2 spiro atoms. The van der Waals surface area contributed by atoms with Crippen molar-refractivity contribution in [3.63, 3.8) is 0 Å². The van der Waals surface area contributed by atoms with E-state index in [0.29, 0.717) is 17.8 Å². The lowest BCUT2D eigenvalue weighted by Crippen LogP contribution is -2.46. The molecule has 8 unspecified atom stereocenters. The standard InChI is InChI=1S/C55H51NO/c1-4-17-37(18-5-1)38-28-30-42-43-31-29-39(36-48(43)55(47(42)35-38)45-22-10-7-19-40(45)41-20-8-11-23-46(41)55)56(52-27-6-2-13-32-54(52)33-14-3-15-34-54)49-24-16-26-51-53(49)44-21-9-12-25-50(44)57-51/h1,3-5,7,9,12-21,23-33,38-39,43,48,51,53H,2,6,8,10-11,22,34-36H2. The summed E-state index contributed by atoms with van der Waals surface area (Å²) in [5, 5.41) is 0. The van der Waals surface area contributed by atoms with Crippen molar-refractivity contribution in [1.29, 1.82) is 0 Å². The lowest BCUT2D eigenvalue weighted by Gasteiger charge is -2.50. The van der Waals surface area contributed by atoms with Crippen LogP contribution in [0.25, 0.3) is 0 Å². The van der Waals surface area contributed by atoms with Crippen LogP contribution in [-0.2, 0) is 0 Å². The minimum atomic E-state index is -0.193. The van der Waals surface area contributed by atoms with Gasteiger partial charge >= 0.3 is 0 Å². The topological polar surface area (TPSA) is 12.5 Å². The highest BCUT2D eigenvalue weighted by Crippen LogP contribution is 2.72. The predicted molar refractivity (Wildman–Crippen MR) is 232 cm³/mol. The van der Waals surface area contributed by atoms with E-state index in [9.17, 15) is 0 Å². The van der Waals surface area contributed by atoms with Crippen molar-refractivity contribution >= 4 is 0 Å². The van der Waals surface area contributed by atoms with Crippen LogP contribution in [0.15, 0.2) is 209 Å². The largest absolute Gasteiger partial charge is 0.485 e. The average molecular weight is 742 g/mol. The minimum absolute atomic E-state index is 0.00611. The smallest absolute Gasteiger partial charge is 0.130 e. The molecule has 0 bridgehead atoms. The zero-order chi connectivity index (χ0) is 37.6. The van der Waals surface area contributed by atoms with E-state index in [-0.39, 0.29) is 28.9 Å². The SMILES string of the molecule is C1=CCC2(C=C1)C=CCCC=C2N(C1=CC=CC2Oc3ccccc3C12)C1C=CC2C3=C(CC(c4ccccc4)C=C3)C3(C4=CCCC=C4C4=C3CCC=C4)C2C1. The first-order valence-electron chi connectivity index (χ1n) is 21.9. The molecule has 12 rings (SSSR count). The molecule has 0 saturated carbocycles. The van der Waals surface area contributed by atoms with Gasteiger partial charge in [-0.15, -0.1) is 0 Å². The summed E-state index contributed by atoms with van der Waals surface area (Å²) in [5.41, 5.74) is 15.1. The lowest BCUT2D eigenvalue weighted by molar-refractivity contribution is 0.177. The van der Waals surface area contributed by atoms with Gasteiger partial charge in [0.05, 0.1) is 12.0 Å². The number of allylic oxidation sites excluding steroid dienone is 21. The van der Waals surface area contributed by atoms with Gasteiger partial charge in [-0.05, 0) is 115 Å². The minimum Gasteiger partial charge on any atom is -0.485 e. The van der Waals surface area contributed by atoms with Crippen LogP contribution in [0, 0.1) is 22.7 Å². The third-order valence-electron chi connectivity index (χ3n) is 15.1. The third kappa shape index (κ3) is 4.89. The molecule has 57 heavy (non-hydrogen) atoms. The summed E-state index contributed by atoms with van der Waals surface area (Å²) in [6.07, 6.45) is 54.5. The Labute approximate surface area is 338 Å². The van der Waals surface area contributed by atoms with Crippen molar-refractivity contribution in [2.45, 2.75) is 81.8 Å². The van der Waals surface area contributed by atoms with E-state index in [1.807, 2.05) is 0 Å². The zero-order valence-electron chi connectivity index (χ0n) is 32.8. The quantitative estimate of drug-likeness (QED) is 0.289. The summed E-state index contributed by atoms with van der Waals surface area (Å²) < 4.78 is 6.73. The number of benzene rings is 2. The molecule has 0 N–H and O–H groups in total. The molecule has 9 aliphatic carbocycles. The molecular weight excluding hydrogens is 691 g/mol. The van der Waals surface area contributed by atoms with E-state index in [1.165, 1.54) is 22.5 Å². The van der Waals surface area contributed by atoms with Gasteiger partial charge in [0.25, 0.3) is 0 Å². The van der Waals surface area contributed by atoms with Crippen LogP contribution in [0.2, 0.25) is 0 Å². The average Bonchev–Trinajstić information content (AvgIpc) is 3.85. The summed E-state index contributed by atoms with van der Waals surface area (Å²) in [7, 11) is 0. The number of rotatable bonds is 4. The summed E-state index contributed by atoms with van der Waals surface area (Å²) in [6.45, 7) is 0. The molecule has 10 aliphatic rings. The molecule has 1 heterocycles. The highest BCUT2D eigenvalue weighted by Gasteiger charge is 2.62. The van der Waals surface area contributed by atoms with E-state index in [2.05, 4.69) is 169 Å². The second-order valence-electron chi connectivity index (χ2n) is 17.8. The number of hydrogen-bond donors (Lipinski definition) is 0. The van der Waals surface area contributed by atoms with Crippen LogP contribution < -0.4 is 4.74 Å². The molecule has 0 fully saturated rings. The number of para-hydroxylation sites is 1. The van der Waals surface area contributed by atoms with Crippen LogP contribution in [-0.4, -0.2) is 17.0 Å². The van der Waals surface area contributed by atoms with Gasteiger partial charge < -0.3 is 9.64 Å². The van der Waals surface area contributed by atoms with Crippen LogP contribution >= 0.6 is 0 Å². The molecule has 2 aromatic carbocycles. The van der Waals surface area contributed by atoms with E-state index in [1.54, 1.807) is 33.4 Å². The van der Waals surface area contributed by atoms with Gasteiger partial charge in [-0.25, -0.2) is 0 Å². The van der Waals surface area contributed by atoms with Crippen molar-refractivity contribution in [2.24, 2.45) is 22.7 Å². The predicted octanol–water partition coefficient (Wildman–Crippen LogP) is 12.9. The van der Waals surface area contributed by atoms with Crippen LogP contribution in [0.1, 0.15) is 80.8 Å². The molecule has 8 atom stereocenters. The van der Waals surface area contributed by atoms with E-state index >= 15 is 0 Å². The Morgan fingerprint density at radius 2 is 1.61 bits per heavy atom. The van der Waals surface area contributed by atoms with Crippen molar-refractivity contribution < 1.29 is 4.74 Å². The van der Waals surface area contributed by atoms with Gasteiger partial charge in [0.15, 0.2) is 0 Å². The lowest BCUT2D eigenvalue weighted by atomic mass is 9.58. The molecule has 1 aliphatic heterocycles. The Morgan fingerprint density at radius 3 is 2.54 bits per heavy atom. The summed E-state index contributed by atoms with van der Waals surface area (Å²) >= 11 is 0. The normalized spacial score (nSPS) is 34.8. The highest BCUT2D eigenvalue weighted by atomic mass is 16.5. The number of fused-ring (bicyclic) bond motifs is 11. The highest BCUT2D eigenvalue weighted by molar-refractivity contribution is 5.74. The van der Waals surface area contributed by atoms with Crippen molar-refractivity contribution in [3.8, 4) is 5.75 Å². The second kappa shape index (κ2) is 13.1. The molecule has 0 amide bonds. The molecule has 0 aromatic heterocycles. The fourth-order valence-electron chi connectivity index (χ4n) is 12.9. The van der Waals surface area contributed by atoms with E-state index < -0.39 is 0 Å². The first-order valence-corrected chi connectivity index (χ1v) is 21.9. The Hall–Kier alpha value is -5.34. The molecule has 2 heteroatoms. The molecule has 0 saturated heterocycles. The maximum Gasteiger partial charge on any atom is 0.130 e. The van der Waals surface area contributed by atoms with Gasteiger partial charge in [-0.3, -0.25) is 0 Å². The summed E-state index contributed by atoms with van der Waals surface area (Å²) in [4.78, 5) is 2.85. The van der Waals surface area contributed by atoms with Gasteiger partial charge in [-0.2, -0.15) is 0 Å². The van der Waals surface area contributed by atoms with Crippen molar-refractivity contribution in [2.75, 3.05) is 0 Å². The molecule has 2 nitrogen and oxygen atoms in total. The Balaban J connectivity index is 1.04. The van der Waals surface area contributed by atoms with E-state index in [4.69, 9.17) is 4.74 Å². The molecule has 2 aromatic rings. The fourth-order valence-corrected chi connectivity index (χ4v) is 12.9. The van der Waals surface area contributed by atoms with Gasteiger partial charge in [0.2, 0.25) is 0 Å². The monoisotopic (exact) mass is 741 g/mol.